The largest absolute Gasteiger partial charge is 0.417 e. The molecule has 1 saturated carbocycles. The van der Waals surface area contributed by atoms with Crippen LogP contribution in [-0.4, -0.2) is 24.7 Å². The van der Waals surface area contributed by atoms with Gasteiger partial charge in [-0.15, -0.1) is 0 Å². The molecule has 1 N–H and O–H groups in total. The zero-order valence-corrected chi connectivity index (χ0v) is 11.4. The highest BCUT2D eigenvalue weighted by Gasteiger charge is 2.39. The topological polar surface area (TPSA) is 34.1 Å². The summed E-state index contributed by atoms with van der Waals surface area (Å²) < 4.78 is 28.3. The third-order valence-electron chi connectivity index (χ3n) is 4.70. The fraction of sp³-hybridized carbons (Fsp3) is 0.667. The number of aromatic nitrogens is 1. The van der Waals surface area contributed by atoms with Crippen LogP contribution in [-0.2, 0) is 6.42 Å². The third kappa shape index (κ3) is 3.08. The van der Waals surface area contributed by atoms with Crippen molar-refractivity contribution in [1.82, 2.24) is 10.3 Å². The Morgan fingerprint density at radius 3 is 2.55 bits per heavy atom. The van der Waals surface area contributed by atoms with Gasteiger partial charge in [0.2, 0.25) is 5.88 Å². The van der Waals surface area contributed by atoms with Crippen LogP contribution < -0.4 is 10.1 Å². The van der Waals surface area contributed by atoms with Gasteiger partial charge in [0.1, 0.15) is 0 Å². The molecule has 0 bridgehead atoms. The van der Waals surface area contributed by atoms with Crippen molar-refractivity contribution >= 4 is 0 Å². The van der Waals surface area contributed by atoms with Crippen LogP contribution >= 0.6 is 0 Å². The van der Waals surface area contributed by atoms with Gasteiger partial charge in [-0.3, -0.25) is 0 Å². The number of rotatable bonds is 4. The number of alkyl halides is 2. The van der Waals surface area contributed by atoms with E-state index in [0.29, 0.717) is 11.3 Å². The van der Waals surface area contributed by atoms with E-state index in [1.54, 1.807) is 6.20 Å². The van der Waals surface area contributed by atoms with Crippen LogP contribution in [0.4, 0.5) is 8.78 Å². The number of nitrogens with one attached hydrogen (secondary N) is 1. The van der Waals surface area contributed by atoms with Gasteiger partial charge in [-0.05, 0) is 49.0 Å². The molecule has 1 aliphatic carbocycles. The predicted octanol–water partition coefficient (Wildman–Crippen LogP) is 3.01. The lowest BCUT2D eigenvalue weighted by Gasteiger charge is -2.47. The highest BCUT2D eigenvalue weighted by molar-refractivity contribution is 5.18. The van der Waals surface area contributed by atoms with Gasteiger partial charge in [-0.1, -0.05) is 6.07 Å². The second-order valence-electron chi connectivity index (χ2n) is 6.13. The Hall–Kier alpha value is -1.23. The SMILES string of the molecule is FC(F)Oc1ccc(CC2CCC3(CC2)CNC3)cn1. The molecule has 3 nitrogen and oxygen atoms in total. The molecule has 2 heterocycles. The molecule has 0 amide bonds. The molecule has 0 unspecified atom stereocenters. The van der Waals surface area contributed by atoms with Crippen molar-refractivity contribution < 1.29 is 13.5 Å². The minimum absolute atomic E-state index is 0.00751. The lowest BCUT2D eigenvalue weighted by atomic mass is 9.66. The minimum atomic E-state index is -2.81. The summed E-state index contributed by atoms with van der Waals surface area (Å²) in [6.45, 7) is -0.444. The van der Waals surface area contributed by atoms with E-state index in [2.05, 4.69) is 15.0 Å². The number of ether oxygens (including phenoxy) is 1. The fourth-order valence-corrected chi connectivity index (χ4v) is 3.35. The van der Waals surface area contributed by atoms with Crippen molar-refractivity contribution in [2.45, 2.75) is 38.7 Å². The normalized spacial score (nSPS) is 21.9. The smallest absolute Gasteiger partial charge is 0.388 e. The average Bonchev–Trinajstić information content (AvgIpc) is 2.40. The molecule has 0 radical (unpaired) electrons. The van der Waals surface area contributed by atoms with Crippen LogP contribution in [0.25, 0.3) is 0 Å². The summed E-state index contributed by atoms with van der Waals surface area (Å²) in [7, 11) is 0. The first-order valence-electron chi connectivity index (χ1n) is 7.26. The number of hydrogen-bond acceptors (Lipinski definition) is 3. The van der Waals surface area contributed by atoms with Crippen LogP contribution in [0.3, 0.4) is 0 Å². The first-order chi connectivity index (χ1) is 9.65. The van der Waals surface area contributed by atoms with Crippen molar-refractivity contribution in [3.8, 4) is 5.88 Å². The van der Waals surface area contributed by atoms with Crippen molar-refractivity contribution in [1.29, 1.82) is 0 Å². The van der Waals surface area contributed by atoms with Gasteiger partial charge in [0.15, 0.2) is 0 Å². The standard InChI is InChI=1S/C15H20F2N2O/c16-14(17)20-13-2-1-12(8-19-13)7-11-3-5-15(6-4-11)9-18-10-15/h1-2,8,11,14,18H,3-7,9-10H2. The lowest BCUT2D eigenvalue weighted by Crippen LogP contribution is -2.54. The minimum Gasteiger partial charge on any atom is -0.417 e. The highest BCUT2D eigenvalue weighted by Crippen LogP contribution is 2.42. The van der Waals surface area contributed by atoms with Gasteiger partial charge < -0.3 is 10.1 Å². The molecule has 5 heteroatoms. The maximum absolute atomic E-state index is 12.0. The Balaban J connectivity index is 1.50. The molecule has 1 aromatic heterocycles. The molecule has 2 aliphatic rings. The summed E-state index contributed by atoms with van der Waals surface area (Å²) in [5.41, 5.74) is 1.70. The molecule has 3 rings (SSSR count). The number of hydrogen-bond donors (Lipinski definition) is 1. The number of nitrogens with zero attached hydrogens (tertiary/aromatic N) is 1. The van der Waals surface area contributed by atoms with Crippen molar-refractivity contribution in [2.75, 3.05) is 13.1 Å². The van der Waals surface area contributed by atoms with E-state index < -0.39 is 6.61 Å². The monoisotopic (exact) mass is 282 g/mol. The van der Waals surface area contributed by atoms with E-state index >= 15 is 0 Å². The maximum atomic E-state index is 12.0. The molecule has 0 atom stereocenters. The Bertz CT molecular complexity index is 436. The molecule has 1 aromatic rings. The number of halogens is 2. The van der Waals surface area contributed by atoms with E-state index in [9.17, 15) is 8.78 Å². The van der Waals surface area contributed by atoms with Gasteiger partial charge in [0.05, 0.1) is 0 Å². The van der Waals surface area contributed by atoms with E-state index in [-0.39, 0.29) is 5.88 Å². The lowest BCUT2D eigenvalue weighted by molar-refractivity contribution is -0.0528. The Morgan fingerprint density at radius 2 is 2.05 bits per heavy atom. The number of pyridine rings is 1. The summed E-state index contributed by atoms with van der Waals surface area (Å²) >= 11 is 0. The van der Waals surface area contributed by atoms with E-state index in [4.69, 9.17) is 0 Å². The van der Waals surface area contributed by atoms with Gasteiger partial charge >= 0.3 is 6.61 Å². The van der Waals surface area contributed by atoms with Crippen molar-refractivity contribution in [3.63, 3.8) is 0 Å². The van der Waals surface area contributed by atoms with E-state index in [1.807, 2.05) is 6.07 Å². The summed E-state index contributed by atoms with van der Waals surface area (Å²) in [5, 5.41) is 3.37. The maximum Gasteiger partial charge on any atom is 0.388 e. The van der Waals surface area contributed by atoms with Gasteiger partial charge in [0.25, 0.3) is 0 Å². The molecule has 1 saturated heterocycles. The molecule has 1 aliphatic heterocycles. The molecule has 20 heavy (non-hydrogen) atoms. The molecule has 110 valence electrons. The van der Waals surface area contributed by atoms with Crippen LogP contribution in [0.1, 0.15) is 31.2 Å². The third-order valence-corrected chi connectivity index (χ3v) is 4.70. The second-order valence-corrected chi connectivity index (χ2v) is 6.13. The van der Waals surface area contributed by atoms with Crippen LogP contribution in [0, 0.1) is 11.3 Å². The van der Waals surface area contributed by atoms with E-state index in [1.165, 1.54) is 44.8 Å². The zero-order chi connectivity index (χ0) is 14.0. The average molecular weight is 282 g/mol. The van der Waals surface area contributed by atoms with Gasteiger partial charge in [-0.2, -0.15) is 8.78 Å². The van der Waals surface area contributed by atoms with E-state index in [0.717, 1.165) is 12.0 Å². The quantitative estimate of drug-likeness (QED) is 0.922. The summed E-state index contributed by atoms with van der Waals surface area (Å²) in [4.78, 5) is 3.93. The zero-order valence-electron chi connectivity index (χ0n) is 11.4. The summed E-state index contributed by atoms with van der Waals surface area (Å²) in [6, 6.07) is 3.38. The Morgan fingerprint density at radius 1 is 1.30 bits per heavy atom. The highest BCUT2D eigenvalue weighted by atomic mass is 19.3. The van der Waals surface area contributed by atoms with Crippen LogP contribution in [0.5, 0.6) is 5.88 Å². The van der Waals surface area contributed by atoms with Crippen LogP contribution in [0.2, 0.25) is 0 Å². The Labute approximate surface area is 117 Å². The Kier molecular flexibility index (Phi) is 3.87. The van der Waals surface area contributed by atoms with Crippen molar-refractivity contribution in [2.24, 2.45) is 11.3 Å². The summed E-state index contributed by atoms with van der Waals surface area (Å²) in [5.74, 6) is 0.691. The molecule has 2 fully saturated rings. The van der Waals surface area contributed by atoms with Gasteiger partial charge in [0, 0.05) is 25.4 Å². The van der Waals surface area contributed by atoms with Gasteiger partial charge in [-0.25, -0.2) is 4.98 Å². The fourth-order valence-electron chi connectivity index (χ4n) is 3.35. The molecule has 1 spiro atoms. The van der Waals surface area contributed by atoms with Crippen molar-refractivity contribution in [3.05, 3.63) is 23.9 Å². The second kappa shape index (κ2) is 5.64. The predicted molar refractivity (Wildman–Crippen MR) is 71.8 cm³/mol. The summed E-state index contributed by atoms with van der Waals surface area (Å²) in [6.07, 6.45) is 7.79. The first kappa shape index (κ1) is 13.7. The first-order valence-corrected chi connectivity index (χ1v) is 7.26. The molecular formula is C15H20F2N2O. The van der Waals surface area contributed by atoms with Crippen LogP contribution in [0.15, 0.2) is 18.3 Å². The molecule has 0 aromatic carbocycles. The molecular weight excluding hydrogens is 262 g/mol.